The predicted molar refractivity (Wildman–Crippen MR) is 131 cm³/mol. The number of halogens is 1. The van der Waals surface area contributed by atoms with Crippen LogP contribution in [0.15, 0.2) is 53.4 Å². The Bertz CT molecular complexity index is 1370. The Morgan fingerprint density at radius 2 is 1.69 bits per heavy atom. The summed E-state index contributed by atoms with van der Waals surface area (Å²) in [4.78, 5) is 39.1. The minimum Gasteiger partial charge on any atom is -0.324 e. The monoisotopic (exact) mass is 513 g/mol. The van der Waals surface area contributed by atoms with Crippen molar-refractivity contribution in [1.29, 1.82) is 0 Å². The van der Waals surface area contributed by atoms with E-state index in [2.05, 4.69) is 10.0 Å². The lowest BCUT2D eigenvalue weighted by Gasteiger charge is -2.17. The standard InChI is InChI=1S/C25H24ClN3O5S/c1-13-3-8-19(14(2)9-13)28-35(33,34)20-11-17(6-7-18(20)26)27-21(30)12-29-24(31)22-15-4-5-16(10-15)23(22)25(29)32/h3-9,11,15-16,22-23,28H,10,12H2,1-2H3,(H,27,30)/t15-,16-,22+,23+/m0/s1. The van der Waals surface area contributed by atoms with Gasteiger partial charge in [-0.3, -0.25) is 24.0 Å². The van der Waals surface area contributed by atoms with Crippen molar-refractivity contribution in [1.82, 2.24) is 4.90 Å². The second-order valence-electron chi connectivity index (χ2n) is 9.38. The van der Waals surface area contributed by atoms with Crippen LogP contribution in [0, 0.1) is 37.5 Å². The molecule has 2 aromatic rings. The van der Waals surface area contributed by atoms with Crippen LogP contribution < -0.4 is 10.0 Å². The van der Waals surface area contributed by atoms with E-state index in [1.807, 2.05) is 25.1 Å². The van der Waals surface area contributed by atoms with Crippen LogP contribution in [0.1, 0.15) is 17.5 Å². The molecule has 0 spiro atoms. The van der Waals surface area contributed by atoms with Crippen LogP contribution in [0.5, 0.6) is 0 Å². The number of amides is 3. The van der Waals surface area contributed by atoms with Gasteiger partial charge >= 0.3 is 0 Å². The zero-order chi connectivity index (χ0) is 25.1. The van der Waals surface area contributed by atoms with E-state index >= 15 is 0 Å². The number of imide groups is 1. The number of hydrogen-bond acceptors (Lipinski definition) is 5. The molecule has 2 bridgehead atoms. The summed E-state index contributed by atoms with van der Waals surface area (Å²) in [5.74, 6) is -1.87. The Morgan fingerprint density at radius 3 is 2.31 bits per heavy atom. The number of carbonyl (C=O) groups is 3. The Kier molecular flexibility index (Phi) is 5.72. The molecule has 1 aliphatic heterocycles. The van der Waals surface area contributed by atoms with Crippen molar-refractivity contribution >= 4 is 50.7 Å². The quantitative estimate of drug-likeness (QED) is 0.453. The summed E-state index contributed by atoms with van der Waals surface area (Å²) in [5.41, 5.74) is 2.35. The number of allylic oxidation sites excluding steroid dienone is 2. The number of hydrogen-bond donors (Lipinski definition) is 2. The van der Waals surface area contributed by atoms with E-state index in [-0.39, 0.29) is 51.1 Å². The fraction of sp³-hybridized carbons (Fsp3) is 0.320. The van der Waals surface area contributed by atoms with Crippen LogP contribution >= 0.6 is 11.6 Å². The predicted octanol–water partition coefficient (Wildman–Crippen LogP) is 3.50. The third-order valence-corrected chi connectivity index (χ3v) is 8.84. The highest BCUT2D eigenvalue weighted by Gasteiger charge is 2.59. The van der Waals surface area contributed by atoms with Gasteiger partial charge < -0.3 is 5.32 Å². The molecule has 0 unspecified atom stereocenters. The molecule has 1 saturated carbocycles. The number of fused-ring (bicyclic) bond motifs is 5. The number of carbonyl (C=O) groups excluding carboxylic acids is 3. The van der Waals surface area contributed by atoms with E-state index in [0.717, 1.165) is 22.4 Å². The van der Waals surface area contributed by atoms with Crippen molar-refractivity contribution in [2.45, 2.75) is 25.2 Å². The van der Waals surface area contributed by atoms with Crippen molar-refractivity contribution in [3.8, 4) is 0 Å². The van der Waals surface area contributed by atoms with Gasteiger partial charge in [0.1, 0.15) is 11.4 Å². The Balaban J connectivity index is 1.30. The van der Waals surface area contributed by atoms with Crippen LogP contribution in [-0.4, -0.2) is 37.6 Å². The molecular formula is C25H24ClN3O5S. The zero-order valence-corrected chi connectivity index (χ0v) is 20.7. The number of likely N-dealkylation sites (tertiary alicyclic amines) is 1. The average molecular weight is 514 g/mol. The first kappa shape index (κ1) is 23.6. The molecule has 35 heavy (non-hydrogen) atoms. The first-order valence-corrected chi connectivity index (χ1v) is 13.1. The van der Waals surface area contributed by atoms with Gasteiger partial charge in [-0.15, -0.1) is 0 Å². The average Bonchev–Trinajstić information content (AvgIpc) is 3.47. The number of benzene rings is 2. The maximum absolute atomic E-state index is 13.0. The van der Waals surface area contributed by atoms with Gasteiger partial charge in [-0.1, -0.05) is 41.4 Å². The van der Waals surface area contributed by atoms with Crippen LogP contribution in [0.3, 0.4) is 0 Å². The van der Waals surface area contributed by atoms with Crippen molar-refractivity contribution in [3.63, 3.8) is 0 Å². The van der Waals surface area contributed by atoms with Crippen molar-refractivity contribution in [3.05, 3.63) is 64.7 Å². The highest BCUT2D eigenvalue weighted by molar-refractivity contribution is 7.92. The zero-order valence-electron chi connectivity index (χ0n) is 19.1. The molecule has 8 nitrogen and oxygen atoms in total. The van der Waals surface area contributed by atoms with Crippen LogP contribution in [0.2, 0.25) is 5.02 Å². The van der Waals surface area contributed by atoms with Crippen LogP contribution in [-0.2, 0) is 24.4 Å². The number of aryl methyl sites for hydroxylation is 2. The van der Waals surface area contributed by atoms with E-state index in [9.17, 15) is 22.8 Å². The fourth-order valence-corrected chi connectivity index (χ4v) is 7.04. The summed E-state index contributed by atoms with van der Waals surface area (Å²) in [6.45, 7) is 3.28. The smallest absolute Gasteiger partial charge is 0.263 e. The lowest BCUT2D eigenvalue weighted by Crippen LogP contribution is -2.39. The molecule has 5 rings (SSSR count). The Morgan fingerprint density at radius 1 is 1.03 bits per heavy atom. The molecule has 1 heterocycles. The SMILES string of the molecule is Cc1ccc(NS(=O)(=O)c2cc(NC(=O)CN3C(=O)[C@H]4[C@H](C3=O)[C@H]3C=C[C@H]4C3)ccc2Cl)c(C)c1. The summed E-state index contributed by atoms with van der Waals surface area (Å²) < 4.78 is 28.6. The number of sulfonamides is 1. The van der Waals surface area contributed by atoms with Crippen molar-refractivity contribution in [2.75, 3.05) is 16.6 Å². The van der Waals surface area contributed by atoms with Gasteiger partial charge in [0.05, 0.1) is 22.5 Å². The molecule has 2 N–H and O–H groups in total. The number of anilines is 2. The molecule has 3 amide bonds. The van der Waals surface area contributed by atoms with E-state index in [0.29, 0.717) is 5.69 Å². The second kappa shape index (κ2) is 8.49. The molecule has 0 radical (unpaired) electrons. The lowest BCUT2D eigenvalue weighted by molar-refractivity contribution is -0.143. The summed E-state index contributed by atoms with van der Waals surface area (Å²) in [7, 11) is -4.05. The molecule has 3 aliphatic rings. The Labute approximate surface area is 208 Å². The van der Waals surface area contributed by atoms with Gasteiger partial charge in [0.2, 0.25) is 17.7 Å². The normalized spacial score (nSPS) is 24.7. The second-order valence-corrected chi connectivity index (χ2v) is 11.4. The molecule has 2 aliphatic carbocycles. The van der Waals surface area contributed by atoms with E-state index in [1.54, 1.807) is 19.1 Å². The molecule has 10 heteroatoms. The summed E-state index contributed by atoms with van der Waals surface area (Å²) in [5, 5.41) is 2.57. The van der Waals surface area contributed by atoms with E-state index < -0.39 is 22.5 Å². The third kappa shape index (κ3) is 4.12. The fourth-order valence-electron chi connectivity index (χ4n) is 5.38. The highest BCUT2D eigenvalue weighted by atomic mass is 35.5. The third-order valence-electron chi connectivity index (χ3n) is 6.99. The minimum atomic E-state index is -4.05. The van der Waals surface area contributed by atoms with Gasteiger partial charge in [-0.25, -0.2) is 8.42 Å². The van der Waals surface area contributed by atoms with E-state index in [1.165, 1.54) is 18.2 Å². The van der Waals surface area contributed by atoms with Crippen LogP contribution in [0.4, 0.5) is 11.4 Å². The number of rotatable bonds is 6. The van der Waals surface area contributed by atoms with Crippen molar-refractivity contribution < 1.29 is 22.8 Å². The Hall–Kier alpha value is -3.17. The summed E-state index contributed by atoms with van der Waals surface area (Å²) in [6.07, 6.45) is 4.79. The maximum atomic E-state index is 13.0. The number of nitrogens with one attached hydrogen (secondary N) is 2. The minimum absolute atomic E-state index is 0.0130. The summed E-state index contributed by atoms with van der Waals surface area (Å²) in [6, 6.07) is 9.39. The maximum Gasteiger partial charge on any atom is 0.263 e. The molecule has 182 valence electrons. The molecule has 4 atom stereocenters. The first-order chi connectivity index (χ1) is 16.5. The van der Waals surface area contributed by atoms with Crippen LogP contribution in [0.25, 0.3) is 0 Å². The van der Waals surface area contributed by atoms with Gasteiger partial charge in [-0.2, -0.15) is 0 Å². The topological polar surface area (TPSA) is 113 Å². The molecule has 2 aromatic carbocycles. The first-order valence-electron chi connectivity index (χ1n) is 11.3. The lowest BCUT2D eigenvalue weighted by atomic mass is 9.85. The van der Waals surface area contributed by atoms with E-state index in [4.69, 9.17) is 11.6 Å². The van der Waals surface area contributed by atoms with Gasteiger partial charge in [0.15, 0.2) is 0 Å². The molecular weight excluding hydrogens is 490 g/mol. The molecule has 0 aromatic heterocycles. The molecule has 1 saturated heterocycles. The van der Waals surface area contributed by atoms with Crippen molar-refractivity contribution in [2.24, 2.45) is 23.7 Å². The highest BCUT2D eigenvalue weighted by Crippen LogP contribution is 2.52. The number of nitrogens with zero attached hydrogens (tertiary/aromatic N) is 1. The van der Waals surface area contributed by atoms with Gasteiger partial charge in [0, 0.05) is 5.69 Å². The molecule has 2 fully saturated rings. The summed E-state index contributed by atoms with van der Waals surface area (Å²) >= 11 is 6.18. The van der Waals surface area contributed by atoms with Gasteiger partial charge in [-0.05, 0) is 61.9 Å². The van der Waals surface area contributed by atoms with Gasteiger partial charge in [0.25, 0.3) is 10.0 Å². The largest absolute Gasteiger partial charge is 0.324 e.